The van der Waals surface area contributed by atoms with Crippen molar-refractivity contribution in [2.24, 2.45) is 12.5 Å². The van der Waals surface area contributed by atoms with Gasteiger partial charge in [0.15, 0.2) is 6.20 Å². The number of hydrogen-bond donors (Lipinski definition) is 0. The maximum Gasteiger partial charge on any atom is 0.224 e. The van der Waals surface area contributed by atoms with Crippen LogP contribution in [0, 0.1) is 19.3 Å². The lowest BCUT2D eigenvalue weighted by atomic mass is 9.86. The zero-order valence-electron chi connectivity index (χ0n) is 24.8. The van der Waals surface area contributed by atoms with Crippen molar-refractivity contribution in [1.82, 2.24) is 4.40 Å². The summed E-state index contributed by atoms with van der Waals surface area (Å²) in [7, 11) is 2.23. The summed E-state index contributed by atoms with van der Waals surface area (Å²) in [5.41, 5.74) is 11.6. The molecule has 2 heteroatoms. The van der Waals surface area contributed by atoms with Crippen LogP contribution >= 0.6 is 0 Å². The van der Waals surface area contributed by atoms with Gasteiger partial charge in [-0.2, -0.15) is 0 Å². The Hall–Kier alpha value is -3.65. The van der Waals surface area contributed by atoms with Crippen molar-refractivity contribution in [2.75, 3.05) is 0 Å². The highest BCUT2D eigenvalue weighted by molar-refractivity contribution is 6.29. The van der Waals surface area contributed by atoms with E-state index in [4.69, 9.17) is 0 Å². The van der Waals surface area contributed by atoms with Crippen LogP contribution in [0.3, 0.4) is 0 Å². The molecule has 2 nitrogen and oxygen atoms in total. The van der Waals surface area contributed by atoms with E-state index >= 15 is 0 Å². The molecule has 7 aromatic rings. The molecule has 0 bridgehead atoms. The Morgan fingerprint density at radius 1 is 0.775 bits per heavy atom. The van der Waals surface area contributed by atoms with E-state index in [0.29, 0.717) is 5.92 Å². The van der Waals surface area contributed by atoms with Crippen LogP contribution in [0.5, 0.6) is 0 Å². The first-order valence-electron chi connectivity index (χ1n) is 15.2. The van der Waals surface area contributed by atoms with Gasteiger partial charge in [-0.15, -0.1) is 0 Å². The minimum atomic E-state index is 0.258. The van der Waals surface area contributed by atoms with Gasteiger partial charge in [0.05, 0.1) is 27.3 Å². The minimum absolute atomic E-state index is 0.258. The van der Waals surface area contributed by atoms with Crippen LogP contribution in [0.1, 0.15) is 74.6 Å². The summed E-state index contributed by atoms with van der Waals surface area (Å²) < 4.78 is 5.07. The molecule has 0 radical (unpaired) electrons. The first kappa shape index (κ1) is 24.2. The predicted octanol–water partition coefficient (Wildman–Crippen LogP) is 9.83. The predicted molar refractivity (Wildman–Crippen MR) is 171 cm³/mol. The normalized spacial score (nSPS) is 15.3. The molecule has 200 valence electrons. The molecule has 0 spiro atoms. The molecule has 0 aliphatic heterocycles. The lowest BCUT2D eigenvalue weighted by Gasteiger charge is -2.21. The molecule has 0 saturated heterocycles. The number of fused-ring (bicyclic) bond motifs is 7. The monoisotopic (exact) mass is 523 g/mol. The van der Waals surface area contributed by atoms with Crippen molar-refractivity contribution in [2.45, 2.75) is 72.6 Å². The van der Waals surface area contributed by atoms with Crippen LogP contribution in [0.2, 0.25) is 0 Å². The molecule has 3 aromatic heterocycles. The summed E-state index contributed by atoms with van der Waals surface area (Å²) in [5.74, 6) is 0.651. The fourth-order valence-electron chi connectivity index (χ4n) is 8.27. The van der Waals surface area contributed by atoms with Crippen LogP contribution in [0.4, 0.5) is 0 Å². The molecule has 0 atom stereocenters. The molecule has 4 aromatic carbocycles. The largest absolute Gasteiger partial charge is 0.307 e. The number of hydrogen-bond acceptors (Lipinski definition) is 0. The zero-order valence-corrected chi connectivity index (χ0v) is 24.8. The van der Waals surface area contributed by atoms with Crippen molar-refractivity contribution in [3.63, 3.8) is 0 Å². The molecule has 1 aliphatic carbocycles. The maximum atomic E-state index is 2.70. The second-order valence-electron chi connectivity index (χ2n) is 13.9. The Kier molecular flexibility index (Phi) is 4.95. The van der Waals surface area contributed by atoms with E-state index in [1.54, 1.807) is 5.56 Å². The fourth-order valence-corrected chi connectivity index (χ4v) is 8.27. The third kappa shape index (κ3) is 3.20. The second kappa shape index (κ2) is 8.19. The van der Waals surface area contributed by atoms with E-state index in [9.17, 15) is 0 Å². The summed E-state index contributed by atoms with van der Waals surface area (Å²) >= 11 is 0. The van der Waals surface area contributed by atoms with Gasteiger partial charge in [-0.3, -0.25) is 0 Å². The molecular formula is C38H39N2+. The smallest absolute Gasteiger partial charge is 0.224 e. The van der Waals surface area contributed by atoms with Gasteiger partial charge >= 0.3 is 0 Å². The molecule has 0 unspecified atom stereocenters. The van der Waals surface area contributed by atoms with E-state index in [0.717, 1.165) is 6.42 Å². The third-order valence-corrected chi connectivity index (χ3v) is 9.93. The quantitative estimate of drug-likeness (QED) is 0.121. The molecule has 8 rings (SSSR count). The Bertz CT molecular complexity index is 2150. The maximum absolute atomic E-state index is 2.70. The van der Waals surface area contributed by atoms with Gasteiger partial charge in [0.1, 0.15) is 7.05 Å². The van der Waals surface area contributed by atoms with Crippen molar-refractivity contribution in [1.29, 1.82) is 0 Å². The van der Waals surface area contributed by atoms with Gasteiger partial charge in [-0.05, 0) is 82.9 Å². The highest BCUT2D eigenvalue weighted by Crippen LogP contribution is 2.47. The standard InChI is InChI=1S/C38H39N2/c1-22-31-20-24(21-38(3,4)5)14-16-27(31)23(2)34-32(22)37-33-26(18-19-39(37)6)15-17-30-29-13-9-12-28(25-10-7-8-11-25)35(29)40(34)36(30)33/h9,12-20,25H,7-8,10-11,21H2,1-6H3/q+1. The first-order chi connectivity index (χ1) is 19.2. The van der Waals surface area contributed by atoms with Gasteiger partial charge in [0.25, 0.3) is 0 Å². The molecule has 0 N–H and O–H groups in total. The van der Waals surface area contributed by atoms with E-state index in [-0.39, 0.29) is 5.41 Å². The Morgan fingerprint density at radius 2 is 1.52 bits per heavy atom. The van der Waals surface area contributed by atoms with Gasteiger partial charge in [-0.1, -0.05) is 82.1 Å². The Morgan fingerprint density at radius 3 is 2.30 bits per heavy atom. The average molecular weight is 524 g/mol. The molecule has 0 amide bonds. The van der Waals surface area contributed by atoms with Crippen molar-refractivity contribution in [3.05, 3.63) is 83.0 Å². The molecule has 1 fully saturated rings. The number of para-hydroxylation sites is 1. The second-order valence-corrected chi connectivity index (χ2v) is 13.9. The van der Waals surface area contributed by atoms with Crippen molar-refractivity contribution < 1.29 is 4.57 Å². The zero-order chi connectivity index (χ0) is 27.5. The van der Waals surface area contributed by atoms with Crippen LogP contribution in [0.25, 0.3) is 59.8 Å². The molecule has 3 heterocycles. The summed E-state index contributed by atoms with van der Waals surface area (Å²) in [6, 6.07) is 21.4. The Labute approximate surface area is 236 Å². The molecule has 1 saturated carbocycles. The lowest BCUT2D eigenvalue weighted by molar-refractivity contribution is -0.643. The first-order valence-corrected chi connectivity index (χ1v) is 15.2. The third-order valence-electron chi connectivity index (χ3n) is 9.93. The summed E-state index contributed by atoms with van der Waals surface area (Å²) in [5, 5.41) is 9.72. The summed E-state index contributed by atoms with van der Waals surface area (Å²) in [6.07, 6.45) is 8.64. The van der Waals surface area contributed by atoms with Crippen LogP contribution < -0.4 is 4.57 Å². The van der Waals surface area contributed by atoms with Crippen LogP contribution in [-0.4, -0.2) is 4.40 Å². The van der Waals surface area contributed by atoms with Gasteiger partial charge in [-0.25, -0.2) is 4.57 Å². The van der Waals surface area contributed by atoms with Gasteiger partial charge in [0.2, 0.25) is 5.52 Å². The Balaban J connectivity index is 1.66. The number of aryl methyl sites for hydroxylation is 3. The van der Waals surface area contributed by atoms with E-state index < -0.39 is 0 Å². The number of pyridine rings is 2. The molecular weight excluding hydrogens is 484 g/mol. The van der Waals surface area contributed by atoms with Gasteiger partial charge < -0.3 is 4.40 Å². The number of nitrogens with zero attached hydrogens (tertiary/aromatic N) is 2. The van der Waals surface area contributed by atoms with E-state index in [1.807, 2.05) is 0 Å². The van der Waals surface area contributed by atoms with Crippen LogP contribution in [0.15, 0.2) is 60.8 Å². The van der Waals surface area contributed by atoms with E-state index in [2.05, 4.69) is 111 Å². The van der Waals surface area contributed by atoms with E-state index in [1.165, 1.54) is 102 Å². The lowest BCUT2D eigenvalue weighted by Crippen LogP contribution is -2.29. The van der Waals surface area contributed by atoms with Crippen molar-refractivity contribution >= 4 is 59.8 Å². The van der Waals surface area contributed by atoms with Crippen molar-refractivity contribution in [3.8, 4) is 0 Å². The molecule has 1 aliphatic rings. The topological polar surface area (TPSA) is 8.29 Å². The number of rotatable bonds is 2. The summed E-state index contributed by atoms with van der Waals surface area (Å²) in [6.45, 7) is 11.8. The minimum Gasteiger partial charge on any atom is -0.307 e. The fraction of sp³-hybridized carbons (Fsp3) is 0.342. The average Bonchev–Trinajstić information content (AvgIpc) is 3.58. The number of benzene rings is 4. The highest BCUT2D eigenvalue weighted by Gasteiger charge is 2.29. The number of aromatic nitrogens is 2. The van der Waals surface area contributed by atoms with Crippen LogP contribution in [-0.2, 0) is 13.5 Å². The molecule has 40 heavy (non-hydrogen) atoms. The SMILES string of the molecule is Cc1c2cc(CC(C)(C)C)ccc2c(C)c2c1c1c3c(ccc4c5cccc(C6CCCC6)c5n2c43)cc[n+]1C. The highest BCUT2D eigenvalue weighted by atomic mass is 15.0. The van der Waals surface area contributed by atoms with Gasteiger partial charge in [0, 0.05) is 16.8 Å². The summed E-state index contributed by atoms with van der Waals surface area (Å²) in [4.78, 5) is 0.